The number of thiazole rings is 1. The van der Waals surface area contributed by atoms with Crippen LogP contribution in [0.4, 0.5) is 0 Å². The maximum absolute atomic E-state index is 9.57. The minimum atomic E-state index is -0.486. The number of hydrogen-bond donors (Lipinski definition) is 1. The Kier molecular flexibility index (Phi) is 3.31. The molecule has 1 N–H and O–H groups in total. The van der Waals surface area contributed by atoms with Crippen molar-refractivity contribution in [2.75, 3.05) is 0 Å². The second-order valence-electron chi connectivity index (χ2n) is 3.58. The third-order valence-corrected chi connectivity index (χ3v) is 3.20. The lowest BCUT2D eigenvalue weighted by Gasteiger charge is -2.12. The Morgan fingerprint density at radius 2 is 2.38 bits per heavy atom. The molecule has 0 aliphatic rings. The van der Waals surface area contributed by atoms with E-state index in [1.807, 2.05) is 6.92 Å². The SMILES string of the molecule is CCC(c1nc(-c2cncs2)no1)C(C)O. The van der Waals surface area contributed by atoms with Crippen molar-refractivity contribution in [3.05, 3.63) is 17.6 Å². The molecule has 86 valence electrons. The highest BCUT2D eigenvalue weighted by Gasteiger charge is 2.22. The van der Waals surface area contributed by atoms with Gasteiger partial charge in [-0.25, -0.2) is 0 Å². The summed E-state index contributed by atoms with van der Waals surface area (Å²) < 4.78 is 5.16. The predicted molar refractivity (Wildman–Crippen MR) is 60.1 cm³/mol. The van der Waals surface area contributed by atoms with Gasteiger partial charge in [-0.2, -0.15) is 4.98 Å². The van der Waals surface area contributed by atoms with Crippen molar-refractivity contribution in [2.45, 2.75) is 32.3 Å². The van der Waals surface area contributed by atoms with E-state index < -0.39 is 6.10 Å². The van der Waals surface area contributed by atoms with Gasteiger partial charge in [-0.05, 0) is 13.3 Å². The maximum Gasteiger partial charge on any atom is 0.232 e. The first-order valence-corrected chi connectivity index (χ1v) is 6.00. The molecule has 0 saturated heterocycles. The Morgan fingerprint density at radius 3 is 2.94 bits per heavy atom. The van der Waals surface area contributed by atoms with Crippen molar-refractivity contribution >= 4 is 11.3 Å². The summed E-state index contributed by atoms with van der Waals surface area (Å²) in [4.78, 5) is 9.10. The summed E-state index contributed by atoms with van der Waals surface area (Å²) in [6.45, 7) is 3.71. The highest BCUT2D eigenvalue weighted by molar-refractivity contribution is 7.13. The van der Waals surface area contributed by atoms with Gasteiger partial charge in [0.15, 0.2) is 0 Å². The maximum atomic E-state index is 9.57. The monoisotopic (exact) mass is 239 g/mol. The number of rotatable bonds is 4. The average molecular weight is 239 g/mol. The lowest BCUT2D eigenvalue weighted by Crippen LogP contribution is -2.13. The molecule has 2 atom stereocenters. The van der Waals surface area contributed by atoms with Crippen LogP contribution >= 0.6 is 11.3 Å². The van der Waals surface area contributed by atoms with E-state index in [1.165, 1.54) is 11.3 Å². The zero-order valence-corrected chi connectivity index (χ0v) is 9.94. The second kappa shape index (κ2) is 4.71. The van der Waals surface area contributed by atoms with E-state index in [4.69, 9.17) is 4.52 Å². The summed E-state index contributed by atoms with van der Waals surface area (Å²) in [5, 5.41) is 13.5. The Hall–Kier alpha value is -1.27. The molecule has 0 saturated carbocycles. The van der Waals surface area contributed by atoms with Crippen LogP contribution in [-0.4, -0.2) is 26.3 Å². The number of hydrogen-bond acceptors (Lipinski definition) is 6. The average Bonchev–Trinajstić information content (AvgIpc) is 2.86. The summed E-state index contributed by atoms with van der Waals surface area (Å²) >= 11 is 1.46. The van der Waals surface area contributed by atoms with Gasteiger partial charge in [0, 0.05) is 6.20 Å². The molecule has 2 heterocycles. The largest absolute Gasteiger partial charge is 0.393 e. The van der Waals surface area contributed by atoms with Gasteiger partial charge in [0.25, 0.3) is 0 Å². The normalized spacial score (nSPS) is 14.9. The van der Waals surface area contributed by atoms with Crippen molar-refractivity contribution in [3.8, 4) is 10.7 Å². The van der Waals surface area contributed by atoms with Gasteiger partial charge in [0.1, 0.15) is 0 Å². The highest BCUT2D eigenvalue weighted by atomic mass is 32.1. The van der Waals surface area contributed by atoms with Gasteiger partial charge >= 0.3 is 0 Å². The lowest BCUT2D eigenvalue weighted by molar-refractivity contribution is 0.141. The Morgan fingerprint density at radius 1 is 1.56 bits per heavy atom. The summed E-state index contributed by atoms with van der Waals surface area (Å²) in [6.07, 6.45) is 1.98. The molecule has 2 aromatic rings. The molecule has 0 fully saturated rings. The van der Waals surface area contributed by atoms with Crippen molar-refractivity contribution in [3.63, 3.8) is 0 Å². The van der Waals surface area contributed by atoms with Crippen LogP contribution in [0.25, 0.3) is 10.7 Å². The van der Waals surface area contributed by atoms with Crippen LogP contribution in [0, 0.1) is 0 Å². The topological polar surface area (TPSA) is 72.0 Å². The number of aliphatic hydroxyl groups is 1. The lowest BCUT2D eigenvalue weighted by atomic mass is 10.0. The smallest absolute Gasteiger partial charge is 0.232 e. The predicted octanol–water partition coefficient (Wildman–Crippen LogP) is 2.07. The zero-order chi connectivity index (χ0) is 11.5. The number of nitrogens with zero attached hydrogens (tertiary/aromatic N) is 3. The third-order valence-electron chi connectivity index (χ3n) is 2.43. The molecule has 16 heavy (non-hydrogen) atoms. The van der Waals surface area contributed by atoms with E-state index in [0.29, 0.717) is 11.7 Å². The van der Waals surface area contributed by atoms with Crippen molar-refractivity contribution in [2.24, 2.45) is 0 Å². The quantitative estimate of drug-likeness (QED) is 0.884. The molecule has 2 rings (SSSR count). The fraction of sp³-hybridized carbons (Fsp3) is 0.500. The van der Waals surface area contributed by atoms with E-state index in [9.17, 15) is 5.11 Å². The van der Waals surface area contributed by atoms with Gasteiger partial charge in [-0.15, -0.1) is 11.3 Å². The van der Waals surface area contributed by atoms with Crippen LogP contribution in [0.2, 0.25) is 0 Å². The van der Waals surface area contributed by atoms with Crippen molar-refractivity contribution in [1.82, 2.24) is 15.1 Å². The molecule has 0 radical (unpaired) electrons. The summed E-state index contributed by atoms with van der Waals surface area (Å²) in [6, 6.07) is 0. The first kappa shape index (κ1) is 11.2. The summed E-state index contributed by atoms with van der Waals surface area (Å²) in [5.74, 6) is 0.923. The van der Waals surface area contributed by atoms with Gasteiger partial charge < -0.3 is 9.63 Å². The number of aliphatic hydroxyl groups excluding tert-OH is 1. The van der Waals surface area contributed by atoms with E-state index >= 15 is 0 Å². The second-order valence-corrected chi connectivity index (χ2v) is 4.46. The number of aromatic nitrogens is 3. The van der Waals surface area contributed by atoms with Crippen molar-refractivity contribution < 1.29 is 9.63 Å². The van der Waals surface area contributed by atoms with Gasteiger partial charge in [-0.1, -0.05) is 12.1 Å². The van der Waals surface area contributed by atoms with E-state index in [0.717, 1.165) is 11.3 Å². The molecule has 0 amide bonds. The van der Waals surface area contributed by atoms with Gasteiger partial charge in [0.2, 0.25) is 11.7 Å². The van der Waals surface area contributed by atoms with Crippen molar-refractivity contribution in [1.29, 1.82) is 0 Å². The van der Waals surface area contributed by atoms with E-state index in [-0.39, 0.29) is 5.92 Å². The Balaban J connectivity index is 2.25. The molecule has 5 nitrogen and oxygen atoms in total. The van der Waals surface area contributed by atoms with Gasteiger partial charge in [0.05, 0.1) is 22.4 Å². The molecule has 2 unspecified atom stereocenters. The van der Waals surface area contributed by atoms with Crippen LogP contribution in [0.15, 0.2) is 16.2 Å². The molecule has 0 aliphatic heterocycles. The van der Waals surface area contributed by atoms with Crippen LogP contribution in [0.3, 0.4) is 0 Å². The molecule has 0 spiro atoms. The first-order chi connectivity index (χ1) is 7.72. The minimum absolute atomic E-state index is 0.103. The summed E-state index contributed by atoms with van der Waals surface area (Å²) in [5.41, 5.74) is 1.72. The standard InChI is InChI=1S/C10H13N3O2S/c1-3-7(6(2)14)10-12-9(13-15-10)8-4-11-5-16-8/h4-7,14H,3H2,1-2H3. The van der Waals surface area contributed by atoms with Crippen LogP contribution < -0.4 is 0 Å². The van der Waals surface area contributed by atoms with E-state index in [1.54, 1.807) is 18.6 Å². The van der Waals surface area contributed by atoms with Crippen LogP contribution in [0.5, 0.6) is 0 Å². The summed E-state index contributed by atoms with van der Waals surface area (Å²) in [7, 11) is 0. The molecular weight excluding hydrogens is 226 g/mol. The fourth-order valence-electron chi connectivity index (χ4n) is 1.53. The molecular formula is C10H13N3O2S. The highest BCUT2D eigenvalue weighted by Crippen LogP contribution is 2.25. The molecule has 0 aliphatic carbocycles. The molecule has 2 aromatic heterocycles. The first-order valence-electron chi connectivity index (χ1n) is 5.13. The third kappa shape index (κ3) is 2.12. The fourth-order valence-corrected chi connectivity index (χ4v) is 2.08. The van der Waals surface area contributed by atoms with E-state index in [2.05, 4.69) is 15.1 Å². The zero-order valence-electron chi connectivity index (χ0n) is 9.12. The Bertz CT molecular complexity index is 439. The van der Waals surface area contributed by atoms with Crippen LogP contribution in [-0.2, 0) is 0 Å². The molecule has 0 aromatic carbocycles. The Labute approximate surface area is 97.2 Å². The minimum Gasteiger partial charge on any atom is -0.393 e. The van der Waals surface area contributed by atoms with Crippen LogP contribution in [0.1, 0.15) is 32.1 Å². The molecule has 6 heteroatoms. The molecule has 0 bridgehead atoms. The van der Waals surface area contributed by atoms with Gasteiger partial charge in [-0.3, -0.25) is 4.98 Å².